The van der Waals surface area contributed by atoms with Crippen molar-refractivity contribution in [2.45, 2.75) is 26.2 Å². The lowest BCUT2D eigenvalue weighted by Crippen LogP contribution is -1.90. The number of unbranched alkanes of at least 4 members (excludes halogenated alkanes) is 1. The Labute approximate surface area is 78.3 Å². The molecule has 0 radical (unpaired) electrons. The maximum absolute atomic E-state index is 11.2. The molecule has 0 amide bonds. The van der Waals surface area contributed by atoms with E-state index in [2.05, 4.69) is 6.92 Å². The lowest BCUT2D eigenvalue weighted by molar-refractivity contribution is -0.114. The molecule has 2 nitrogen and oxygen atoms in total. The van der Waals surface area contributed by atoms with Crippen molar-refractivity contribution in [1.82, 2.24) is 0 Å². The Bertz CT molecular complexity index is 270. The first-order valence-electron chi connectivity index (χ1n) is 4.57. The summed E-state index contributed by atoms with van der Waals surface area (Å²) in [7, 11) is 0. The second-order valence-corrected chi connectivity index (χ2v) is 2.92. The molecule has 70 valence electrons. The van der Waals surface area contributed by atoms with Crippen LogP contribution in [0.4, 0.5) is 0 Å². The largest absolute Gasteiger partial charge is 0.465 e. The van der Waals surface area contributed by atoms with Gasteiger partial charge in [-0.25, -0.2) is 0 Å². The molecule has 0 aliphatic heterocycles. The molecule has 1 aromatic rings. The molecule has 1 rings (SSSR count). The molecule has 0 unspecified atom stereocenters. The third kappa shape index (κ3) is 3.74. The minimum absolute atomic E-state index is 0.165. The van der Waals surface area contributed by atoms with Crippen molar-refractivity contribution in [2.24, 2.45) is 0 Å². The predicted octanol–water partition coefficient (Wildman–Crippen LogP) is 3.05. The normalized spacial score (nSPS) is 10.8. The average Bonchev–Trinajstić information content (AvgIpc) is 2.64. The molecular formula is C11H14O2. The van der Waals surface area contributed by atoms with Gasteiger partial charge in [0.05, 0.1) is 6.26 Å². The third-order valence-electron chi connectivity index (χ3n) is 1.75. The van der Waals surface area contributed by atoms with E-state index in [9.17, 15) is 4.79 Å². The number of allylic oxidation sites excluding steroid dienone is 1. The maximum Gasteiger partial charge on any atom is 0.155 e. The lowest BCUT2D eigenvalue weighted by atomic mass is 10.2. The highest BCUT2D eigenvalue weighted by molar-refractivity contribution is 5.93. The molecule has 0 fully saturated rings. The summed E-state index contributed by atoms with van der Waals surface area (Å²) in [4.78, 5) is 11.2. The molecule has 0 aliphatic carbocycles. The lowest BCUT2D eigenvalue weighted by Gasteiger charge is -1.90. The van der Waals surface area contributed by atoms with Crippen molar-refractivity contribution in [2.75, 3.05) is 0 Å². The van der Waals surface area contributed by atoms with Crippen LogP contribution in [0.2, 0.25) is 0 Å². The molecule has 0 N–H and O–H groups in total. The van der Waals surface area contributed by atoms with E-state index in [1.807, 2.05) is 6.07 Å². The SMILES string of the molecule is CCCCC(=O)C=Cc1ccco1. The quantitative estimate of drug-likeness (QED) is 0.648. The number of furan rings is 1. The highest BCUT2D eigenvalue weighted by Gasteiger charge is 1.95. The van der Waals surface area contributed by atoms with Crippen molar-refractivity contribution in [3.63, 3.8) is 0 Å². The van der Waals surface area contributed by atoms with Gasteiger partial charge in [-0.15, -0.1) is 0 Å². The number of ketones is 1. The molecule has 2 heteroatoms. The number of hydrogen-bond donors (Lipinski definition) is 0. The summed E-state index contributed by atoms with van der Waals surface area (Å²) in [5.41, 5.74) is 0. The van der Waals surface area contributed by atoms with E-state index < -0.39 is 0 Å². The summed E-state index contributed by atoms with van der Waals surface area (Å²) >= 11 is 0. The summed E-state index contributed by atoms with van der Waals surface area (Å²) < 4.78 is 5.05. The first-order chi connectivity index (χ1) is 6.33. The Morgan fingerprint density at radius 1 is 1.62 bits per heavy atom. The van der Waals surface area contributed by atoms with Crippen LogP contribution in [0.1, 0.15) is 31.9 Å². The molecule has 0 spiro atoms. The number of rotatable bonds is 5. The summed E-state index contributed by atoms with van der Waals surface area (Å²) in [5.74, 6) is 0.892. The number of carbonyl (C=O) groups is 1. The van der Waals surface area contributed by atoms with Gasteiger partial charge >= 0.3 is 0 Å². The summed E-state index contributed by atoms with van der Waals surface area (Å²) in [6, 6.07) is 3.62. The molecule has 0 aromatic carbocycles. The zero-order valence-corrected chi connectivity index (χ0v) is 7.82. The van der Waals surface area contributed by atoms with Gasteiger partial charge in [0.2, 0.25) is 0 Å². The molecule has 1 aromatic heterocycles. The van der Waals surface area contributed by atoms with Crippen molar-refractivity contribution in [3.05, 3.63) is 30.2 Å². The van der Waals surface area contributed by atoms with Crippen molar-refractivity contribution in [1.29, 1.82) is 0 Å². The Hall–Kier alpha value is -1.31. The summed E-state index contributed by atoms with van der Waals surface area (Å²) in [6.45, 7) is 2.07. The Balaban J connectivity index is 2.35. The molecule has 0 saturated heterocycles. The van der Waals surface area contributed by atoms with Crippen LogP contribution in [0.3, 0.4) is 0 Å². The molecule has 0 atom stereocenters. The summed E-state index contributed by atoms with van der Waals surface area (Å²) in [5, 5.41) is 0. The zero-order chi connectivity index (χ0) is 9.52. The van der Waals surface area contributed by atoms with Gasteiger partial charge < -0.3 is 4.42 Å². The molecule has 1 heterocycles. The van der Waals surface area contributed by atoms with Crippen molar-refractivity contribution in [3.8, 4) is 0 Å². The van der Waals surface area contributed by atoms with E-state index in [0.717, 1.165) is 18.6 Å². The van der Waals surface area contributed by atoms with Gasteiger partial charge in [-0.1, -0.05) is 13.3 Å². The molecule has 0 aliphatic rings. The van der Waals surface area contributed by atoms with Crippen LogP contribution in [0.15, 0.2) is 28.9 Å². The van der Waals surface area contributed by atoms with Crippen LogP contribution < -0.4 is 0 Å². The van der Waals surface area contributed by atoms with Crippen LogP contribution in [-0.2, 0) is 4.79 Å². The Kier molecular flexibility index (Phi) is 4.03. The van der Waals surface area contributed by atoms with Crippen LogP contribution >= 0.6 is 0 Å². The van der Waals surface area contributed by atoms with Gasteiger partial charge in [-0.05, 0) is 30.7 Å². The van der Waals surface area contributed by atoms with Crippen molar-refractivity contribution >= 4 is 11.9 Å². The number of hydrogen-bond acceptors (Lipinski definition) is 2. The number of carbonyl (C=O) groups excluding carboxylic acids is 1. The van der Waals surface area contributed by atoms with Gasteiger partial charge in [-0.2, -0.15) is 0 Å². The highest BCUT2D eigenvalue weighted by atomic mass is 16.3. The fourth-order valence-electron chi connectivity index (χ4n) is 0.996. The predicted molar refractivity (Wildman–Crippen MR) is 52.3 cm³/mol. The van der Waals surface area contributed by atoms with Gasteiger partial charge in [0.1, 0.15) is 5.76 Å². The standard InChI is InChI=1S/C11H14O2/c1-2-3-5-10(12)7-8-11-6-4-9-13-11/h4,6-9H,2-3,5H2,1H3. The minimum atomic E-state index is 0.165. The van der Waals surface area contributed by atoms with Crippen LogP contribution in [0.5, 0.6) is 0 Å². The van der Waals surface area contributed by atoms with Gasteiger partial charge in [-0.3, -0.25) is 4.79 Å². The van der Waals surface area contributed by atoms with E-state index >= 15 is 0 Å². The fourth-order valence-corrected chi connectivity index (χ4v) is 0.996. The van der Waals surface area contributed by atoms with E-state index in [1.165, 1.54) is 0 Å². The molecule has 0 bridgehead atoms. The fraction of sp³-hybridized carbons (Fsp3) is 0.364. The topological polar surface area (TPSA) is 30.2 Å². The second-order valence-electron chi connectivity index (χ2n) is 2.92. The first kappa shape index (κ1) is 9.78. The second kappa shape index (κ2) is 5.36. The monoisotopic (exact) mass is 178 g/mol. The van der Waals surface area contributed by atoms with Crippen LogP contribution in [-0.4, -0.2) is 5.78 Å². The average molecular weight is 178 g/mol. The van der Waals surface area contributed by atoms with E-state index in [0.29, 0.717) is 6.42 Å². The Morgan fingerprint density at radius 3 is 3.08 bits per heavy atom. The molecule has 0 saturated carbocycles. The van der Waals surface area contributed by atoms with Gasteiger partial charge in [0.25, 0.3) is 0 Å². The maximum atomic E-state index is 11.2. The van der Waals surface area contributed by atoms with Crippen LogP contribution in [0.25, 0.3) is 6.08 Å². The van der Waals surface area contributed by atoms with Crippen molar-refractivity contribution < 1.29 is 9.21 Å². The van der Waals surface area contributed by atoms with E-state index in [-0.39, 0.29) is 5.78 Å². The first-order valence-corrected chi connectivity index (χ1v) is 4.57. The zero-order valence-electron chi connectivity index (χ0n) is 7.82. The Morgan fingerprint density at radius 2 is 2.46 bits per heavy atom. The van der Waals surface area contributed by atoms with E-state index in [4.69, 9.17) is 4.42 Å². The summed E-state index contributed by atoms with van der Waals surface area (Å²) in [6.07, 6.45) is 7.53. The van der Waals surface area contributed by atoms with E-state index in [1.54, 1.807) is 24.5 Å². The highest BCUT2D eigenvalue weighted by Crippen LogP contribution is 2.03. The molecule has 13 heavy (non-hydrogen) atoms. The van der Waals surface area contributed by atoms with Crippen LogP contribution in [0, 0.1) is 0 Å². The van der Waals surface area contributed by atoms with Gasteiger partial charge in [0.15, 0.2) is 5.78 Å². The molecular weight excluding hydrogens is 164 g/mol. The van der Waals surface area contributed by atoms with Gasteiger partial charge in [0, 0.05) is 6.42 Å². The minimum Gasteiger partial charge on any atom is -0.465 e. The smallest absolute Gasteiger partial charge is 0.155 e. The third-order valence-corrected chi connectivity index (χ3v) is 1.75.